The molecule has 5 atom stereocenters. The Hall–Kier alpha value is -2.41. The maximum absolute atomic E-state index is 12.6. The maximum Gasteiger partial charge on any atom is 0.472 e. The van der Waals surface area contributed by atoms with Crippen molar-refractivity contribution in [2.75, 3.05) is 26.4 Å². The highest BCUT2D eigenvalue weighted by atomic mass is 31.2. The molecule has 0 rings (SSSR count). The van der Waals surface area contributed by atoms with Crippen LogP contribution in [0.5, 0.6) is 0 Å². The molecule has 57 heavy (non-hydrogen) atoms. The highest BCUT2D eigenvalue weighted by Crippen LogP contribution is 2.43. The zero-order valence-corrected chi connectivity index (χ0v) is 35.9. The summed E-state index contributed by atoms with van der Waals surface area (Å²) in [6, 6.07) is 0. The Morgan fingerprint density at radius 3 is 1.65 bits per heavy atom. The summed E-state index contributed by atoms with van der Waals surface area (Å²) in [5, 5.41) is 39.0. The molecule has 0 aromatic heterocycles. The van der Waals surface area contributed by atoms with E-state index in [2.05, 4.69) is 60.9 Å². The molecule has 0 saturated heterocycles. The molecule has 13 heteroatoms. The monoisotopic (exact) mass is 829 g/mol. The summed E-state index contributed by atoms with van der Waals surface area (Å²) in [4.78, 5) is 35.0. The van der Waals surface area contributed by atoms with Crippen molar-refractivity contribution in [2.45, 2.75) is 180 Å². The molecule has 0 aliphatic rings. The first kappa shape index (κ1) is 54.6. The number of allylic oxidation sites excluding steroid dienone is 9. The van der Waals surface area contributed by atoms with E-state index >= 15 is 0 Å². The summed E-state index contributed by atoms with van der Waals surface area (Å²) in [6.07, 6.45) is 34.9. The first-order valence-corrected chi connectivity index (χ1v) is 22.9. The third-order valence-corrected chi connectivity index (χ3v) is 9.80. The van der Waals surface area contributed by atoms with Crippen molar-refractivity contribution in [3.63, 3.8) is 0 Å². The SMILES string of the molecule is CCCCC/C=C\C/C=C\C/C=C\CC(O)C(O)CCCC(=O)O[C@H](COC(=O)CCCCCCC/C=C\C/C=C\CCCCC)COP(=O)(O)OC[C@@H](O)CO. The van der Waals surface area contributed by atoms with Crippen molar-refractivity contribution >= 4 is 19.8 Å². The molecule has 0 aromatic rings. The molecule has 330 valence electrons. The van der Waals surface area contributed by atoms with Gasteiger partial charge in [-0.25, -0.2) is 4.57 Å². The maximum atomic E-state index is 12.6. The molecule has 0 fully saturated rings. The van der Waals surface area contributed by atoms with Crippen LogP contribution in [0.3, 0.4) is 0 Å². The molecule has 12 nitrogen and oxygen atoms in total. The molecule has 0 heterocycles. The second kappa shape index (κ2) is 39.1. The van der Waals surface area contributed by atoms with Crippen LogP contribution in [0.1, 0.15) is 155 Å². The number of ether oxygens (including phenoxy) is 2. The van der Waals surface area contributed by atoms with Gasteiger partial charge in [-0.15, -0.1) is 0 Å². The van der Waals surface area contributed by atoms with E-state index in [1.165, 1.54) is 38.5 Å². The number of esters is 2. The van der Waals surface area contributed by atoms with Crippen molar-refractivity contribution in [2.24, 2.45) is 0 Å². The lowest BCUT2D eigenvalue weighted by molar-refractivity contribution is -0.161. The third kappa shape index (κ3) is 37.6. The first-order chi connectivity index (χ1) is 27.5. The van der Waals surface area contributed by atoms with E-state index in [-0.39, 0.29) is 32.1 Å². The molecular weight excluding hydrogens is 751 g/mol. The molecule has 5 N–H and O–H groups in total. The van der Waals surface area contributed by atoms with Crippen molar-refractivity contribution in [3.8, 4) is 0 Å². The van der Waals surface area contributed by atoms with Crippen molar-refractivity contribution in [1.82, 2.24) is 0 Å². The van der Waals surface area contributed by atoms with Crippen LogP contribution < -0.4 is 0 Å². The number of hydrogen-bond acceptors (Lipinski definition) is 11. The molecule has 0 spiro atoms. The zero-order chi connectivity index (χ0) is 42.2. The van der Waals surface area contributed by atoms with E-state index in [1.807, 2.05) is 18.2 Å². The Kier molecular flexibility index (Phi) is 37.4. The van der Waals surface area contributed by atoms with Crippen molar-refractivity contribution in [3.05, 3.63) is 60.8 Å². The van der Waals surface area contributed by atoms with Crippen molar-refractivity contribution < 1.29 is 58.0 Å². The molecule has 0 aliphatic carbocycles. The van der Waals surface area contributed by atoms with Gasteiger partial charge in [-0.1, -0.05) is 120 Å². The summed E-state index contributed by atoms with van der Waals surface area (Å²) in [5.41, 5.74) is 0. The minimum atomic E-state index is -4.70. The fraction of sp³-hybridized carbons (Fsp3) is 0.727. The standard InChI is InChI=1S/C44H77O12P/c1-3-5-7-9-11-13-15-17-18-19-21-23-25-27-29-33-43(49)53-37-40(38-55-57(51,52)54-36-39(46)35-45)56-44(50)34-30-32-42(48)41(47)31-28-26-24-22-20-16-14-12-10-8-6-4-2/h11-14,17-18,20,22,26,28,39-42,45-48H,3-10,15-16,19,21,23-25,27,29-38H2,1-2H3,(H,51,52)/b13-11-,14-12-,18-17-,22-20-,28-26-/t39-,40+,41?,42?/m0/s1. The van der Waals surface area contributed by atoms with Gasteiger partial charge in [0.1, 0.15) is 12.7 Å². The van der Waals surface area contributed by atoms with Crippen LogP contribution in [0.2, 0.25) is 0 Å². The van der Waals surface area contributed by atoms with Gasteiger partial charge in [-0.3, -0.25) is 18.6 Å². The van der Waals surface area contributed by atoms with Crippen LogP contribution >= 0.6 is 7.82 Å². The second-order valence-corrected chi connectivity index (χ2v) is 15.8. The predicted molar refractivity (Wildman–Crippen MR) is 226 cm³/mol. The molecule has 0 aromatic carbocycles. The third-order valence-electron chi connectivity index (χ3n) is 8.85. The summed E-state index contributed by atoms with van der Waals surface area (Å²) in [5.74, 6) is -1.23. The van der Waals surface area contributed by atoms with E-state index in [0.29, 0.717) is 6.42 Å². The normalized spacial score (nSPS) is 15.6. The highest BCUT2D eigenvalue weighted by Gasteiger charge is 2.27. The quantitative estimate of drug-likeness (QED) is 0.0171. The van der Waals surface area contributed by atoms with E-state index in [0.717, 1.165) is 64.2 Å². The average Bonchev–Trinajstić information content (AvgIpc) is 3.19. The second-order valence-electron chi connectivity index (χ2n) is 14.3. The van der Waals surface area contributed by atoms with Gasteiger partial charge in [0.2, 0.25) is 0 Å². The number of carbonyl (C=O) groups excluding carboxylic acids is 2. The van der Waals surface area contributed by atoms with Crippen LogP contribution in [0.4, 0.5) is 0 Å². The van der Waals surface area contributed by atoms with Gasteiger partial charge in [-0.05, 0) is 83.5 Å². The van der Waals surface area contributed by atoms with Crippen LogP contribution in [0, 0.1) is 0 Å². The lowest BCUT2D eigenvalue weighted by Gasteiger charge is -2.20. The summed E-state index contributed by atoms with van der Waals surface area (Å²) >= 11 is 0. The van der Waals surface area contributed by atoms with Crippen LogP contribution in [0.25, 0.3) is 0 Å². The van der Waals surface area contributed by atoms with Gasteiger partial charge < -0.3 is 34.8 Å². The van der Waals surface area contributed by atoms with E-state index in [4.69, 9.17) is 19.1 Å². The molecule has 0 saturated carbocycles. The molecular formula is C44H77O12P. The Balaban J connectivity index is 4.60. The molecule has 0 amide bonds. The first-order valence-electron chi connectivity index (χ1n) is 21.4. The van der Waals surface area contributed by atoms with Gasteiger partial charge in [-0.2, -0.15) is 0 Å². The van der Waals surface area contributed by atoms with Gasteiger partial charge in [0.05, 0.1) is 32.0 Å². The van der Waals surface area contributed by atoms with Gasteiger partial charge in [0.25, 0.3) is 0 Å². The Morgan fingerprint density at radius 1 is 0.579 bits per heavy atom. The van der Waals surface area contributed by atoms with Crippen LogP contribution in [0.15, 0.2) is 60.8 Å². The van der Waals surface area contributed by atoms with Crippen LogP contribution in [-0.2, 0) is 32.7 Å². The fourth-order valence-corrected chi connectivity index (χ4v) is 6.15. The van der Waals surface area contributed by atoms with Gasteiger partial charge in [0.15, 0.2) is 6.10 Å². The van der Waals surface area contributed by atoms with E-state index in [1.54, 1.807) is 0 Å². The summed E-state index contributed by atoms with van der Waals surface area (Å²) in [7, 11) is -4.70. The molecule has 0 aliphatic heterocycles. The largest absolute Gasteiger partial charge is 0.472 e. The smallest absolute Gasteiger partial charge is 0.462 e. The molecule has 0 bridgehead atoms. The lowest BCUT2D eigenvalue weighted by atomic mass is 10.0. The average molecular weight is 829 g/mol. The number of aliphatic hydroxyl groups excluding tert-OH is 4. The van der Waals surface area contributed by atoms with Crippen LogP contribution in [-0.4, -0.2) is 88.1 Å². The highest BCUT2D eigenvalue weighted by molar-refractivity contribution is 7.47. The zero-order valence-electron chi connectivity index (χ0n) is 35.0. The minimum absolute atomic E-state index is 0.130. The number of hydrogen-bond donors (Lipinski definition) is 5. The number of phosphoric ester groups is 1. The number of phosphoric acid groups is 1. The minimum Gasteiger partial charge on any atom is -0.462 e. The number of carbonyl (C=O) groups is 2. The number of rotatable bonds is 39. The van der Waals surface area contributed by atoms with Gasteiger partial charge in [0, 0.05) is 12.8 Å². The Morgan fingerprint density at radius 2 is 1.07 bits per heavy atom. The summed E-state index contributed by atoms with van der Waals surface area (Å²) in [6.45, 7) is 1.96. The molecule has 3 unspecified atom stereocenters. The Bertz CT molecular complexity index is 1170. The predicted octanol–water partition coefficient (Wildman–Crippen LogP) is 9.05. The van der Waals surface area contributed by atoms with E-state index in [9.17, 15) is 34.4 Å². The topological polar surface area (TPSA) is 189 Å². The summed E-state index contributed by atoms with van der Waals surface area (Å²) < 4.78 is 32.5. The fourth-order valence-electron chi connectivity index (χ4n) is 5.36. The lowest BCUT2D eigenvalue weighted by Crippen LogP contribution is -2.30. The number of aliphatic hydroxyl groups is 4. The Labute approximate surface area is 343 Å². The van der Waals surface area contributed by atoms with E-state index < -0.39 is 70.6 Å². The number of unbranched alkanes of at least 4 members (excludes halogenated alkanes) is 11. The molecule has 0 radical (unpaired) electrons. The van der Waals surface area contributed by atoms with Gasteiger partial charge >= 0.3 is 19.8 Å². The van der Waals surface area contributed by atoms with Crippen molar-refractivity contribution in [1.29, 1.82) is 0 Å².